The quantitative estimate of drug-likeness (QED) is 0.781. The van der Waals surface area contributed by atoms with Crippen molar-refractivity contribution < 1.29 is 15.0 Å². The van der Waals surface area contributed by atoms with Crippen LogP contribution in [0.2, 0.25) is 0 Å². The molecule has 0 amide bonds. The normalized spacial score (nSPS) is 25.0. The van der Waals surface area contributed by atoms with E-state index < -0.39 is 11.6 Å². The predicted molar refractivity (Wildman–Crippen MR) is 53.6 cm³/mol. The second-order valence-corrected chi connectivity index (χ2v) is 4.72. The molecule has 0 aliphatic heterocycles. The summed E-state index contributed by atoms with van der Waals surface area (Å²) in [5, 5.41) is 18.9. The Labute approximate surface area is 86.0 Å². The summed E-state index contributed by atoms with van der Waals surface area (Å²) in [7, 11) is 0. The average Bonchev–Trinajstić information content (AvgIpc) is 2.67. The minimum atomic E-state index is -1.62. The minimum absolute atomic E-state index is 0.313. The number of thiophene rings is 1. The fraction of sp³-hybridized carbons (Fsp3) is 0.500. The lowest BCUT2D eigenvalue weighted by atomic mass is 10.0. The number of hydrogen-bond acceptors (Lipinski definition) is 3. The molecule has 14 heavy (non-hydrogen) atoms. The largest absolute Gasteiger partial charge is 0.479 e. The lowest BCUT2D eigenvalue weighted by molar-refractivity contribution is -0.159. The van der Waals surface area contributed by atoms with Gasteiger partial charge in [0.05, 0.1) is 4.88 Å². The number of carboxylic acid groups (broad SMARTS) is 1. The Balaban J connectivity index is 2.47. The molecule has 2 rings (SSSR count). The van der Waals surface area contributed by atoms with E-state index in [0.29, 0.717) is 17.7 Å². The first kappa shape index (κ1) is 9.68. The Morgan fingerprint density at radius 2 is 2.43 bits per heavy atom. The topological polar surface area (TPSA) is 57.5 Å². The molecule has 1 heterocycles. The van der Waals surface area contributed by atoms with E-state index in [1.54, 1.807) is 0 Å². The Hall–Kier alpha value is -0.870. The van der Waals surface area contributed by atoms with E-state index in [4.69, 9.17) is 5.11 Å². The molecule has 1 aromatic heterocycles. The number of carboxylic acids is 1. The number of aliphatic carboxylic acids is 1. The number of aliphatic hydroxyl groups is 1. The van der Waals surface area contributed by atoms with E-state index in [9.17, 15) is 9.90 Å². The third kappa shape index (κ3) is 1.18. The standard InChI is InChI=1S/C10H12O3S/c1-2-7-5-6-3-4-10(13,9(11)12)8(6)14-7/h5,13H,2-4H2,1H3,(H,11,12). The first-order chi connectivity index (χ1) is 6.58. The summed E-state index contributed by atoms with van der Waals surface area (Å²) in [6, 6.07) is 2.01. The molecule has 0 radical (unpaired) electrons. The highest BCUT2D eigenvalue weighted by atomic mass is 32.1. The first-order valence-corrected chi connectivity index (χ1v) is 5.47. The second kappa shape index (κ2) is 3.07. The number of rotatable bonds is 2. The third-order valence-electron chi connectivity index (χ3n) is 2.69. The predicted octanol–water partition coefficient (Wildman–Crippen LogP) is 1.53. The maximum absolute atomic E-state index is 10.9. The summed E-state index contributed by atoms with van der Waals surface area (Å²) >= 11 is 1.43. The third-order valence-corrected chi connectivity index (χ3v) is 4.17. The van der Waals surface area contributed by atoms with Crippen LogP contribution in [0.5, 0.6) is 0 Å². The van der Waals surface area contributed by atoms with Gasteiger partial charge in [0.1, 0.15) is 0 Å². The lowest BCUT2D eigenvalue weighted by Crippen LogP contribution is -2.32. The van der Waals surface area contributed by atoms with Crippen molar-refractivity contribution in [1.82, 2.24) is 0 Å². The molecule has 3 nitrogen and oxygen atoms in total. The highest BCUT2D eigenvalue weighted by Gasteiger charge is 2.45. The zero-order chi connectivity index (χ0) is 10.3. The van der Waals surface area contributed by atoms with E-state index in [1.807, 2.05) is 13.0 Å². The van der Waals surface area contributed by atoms with Crippen LogP contribution in [-0.4, -0.2) is 16.2 Å². The lowest BCUT2D eigenvalue weighted by Gasteiger charge is -2.15. The van der Waals surface area contributed by atoms with Crippen LogP contribution < -0.4 is 0 Å². The molecule has 1 aromatic rings. The first-order valence-electron chi connectivity index (χ1n) is 4.65. The molecule has 0 saturated carbocycles. The highest BCUT2D eigenvalue weighted by molar-refractivity contribution is 7.12. The summed E-state index contributed by atoms with van der Waals surface area (Å²) in [6.45, 7) is 2.03. The number of carbonyl (C=O) groups is 1. The van der Waals surface area contributed by atoms with Crippen molar-refractivity contribution in [3.63, 3.8) is 0 Å². The molecular formula is C10H12O3S. The molecule has 0 saturated heterocycles. The Kier molecular flexibility index (Phi) is 2.12. The van der Waals surface area contributed by atoms with Gasteiger partial charge in [-0.1, -0.05) is 6.92 Å². The van der Waals surface area contributed by atoms with Crippen molar-refractivity contribution in [3.8, 4) is 0 Å². The van der Waals surface area contributed by atoms with Crippen LogP contribution in [0.3, 0.4) is 0 Å². The molecule has 0 spiro atoms. The van der Waals surface area contributed by atoms with Gasteiger partial charge < -0.3 is 10.2 Å². The van der Waals surface area contributed by atoms with Gasteiger partial charge in [-0.15, -0.1) is 11.3 Å². The van der Waals surface area contributed by atoms with Crippen molar-refractivity contribution in [1.29, 1.82) is 0 Å². The Morgan fingerprint density at radius 1 is 1.71 bits per heavy atom. The Morgan fingerprint density at radius 3 is 3.00 bits per heavy atom. The summed E-state index contributed by atoms with van der Waals surface area (Å²) in [5.74, 6) is -1.12. The van der Waals surface area contributed by atoms with Gasteiger partial charge in [0.25, 0.3) is 0 Å². The summed E-state index contributed by atoms with van der Waals surface area (Å²) in [6.07, 6.45) is 1.88. The van der Waals surface area contributed by atoms with Crippen LogP contribution in [0.4, 0.5) is 0 Å². The van der Waals surface area contributed by atoms with E-state index in [0.717, 1.165) is 16.9 Å². The SMILES string of the molecule is CCc1cc2c(s1)C(O)(C(=O)O)CC2. The summed E-state index contributed by atoms with van der Waals surface area (Å²) in [4.78, 5) is 12.7. The maximum atomic E-state index is 10.9. The van der Waals surface area contributed by atoms with Crippen molar-refractivity contribution >= 4 is 17.3 Å². The molecule has 76 valence electrons. The van der Waals surface area contributed by atoms with E-state index in [1.165, 1.54) is 11.3 Å². The number of hydrogen-bond donors (Lipinski definition) is 2. The van der Waals surface area contributed by atoms with Gasteiger partial charge in [0, 0.05) is 4.88 Å². The molecular weight excluding hydrogens is 200 g/mol. The molecule has 0 fully saturated rings. The molecule has 0 bridgehead atoms. The zero-order valence-corrected chi connectivity index (χ0v) is 8.73. The minimum Gasteiger partial charge on any atom is -0.479 e. The van der Waals surface area contributed by atoms with Crippen LogP contribution in [0.25, 0.3) is 0 Å². The van der Waals surface area contributed by atoms with Crippen molar-refractivity contribution in [2.45, 2.75) is 31.8 Å². The highest BCUT2D eigenvalue weighted by Crippen LogP contribution is 2.42. The van der Waals surface area contributed by atoms with Gasteiger partial charge in [0.15, 0.2) is 5.60 Å². The van der Waals surface area contributed by atoms with Crippen LogP contribution >= 0.6 is 11.3 Å². The van der Waals surface area contributed by atoms with Crippen LogP contribution in [0.15, 0.2) is 6.07 Å². The van der Waals surface area contributed by atoms with Gasteiger partial charge in [-0.2, -0.15) is 0 Å². The van der Waals surface area contributed by atoms with E-state index >= 15 is 0 Å². The van der Waals surface area contributed by atoms with Gasteiger partial charge in [-0.05, 0) is 30.9 Å². The molecule has 4 heteroatoms. The fourth-order valence-corrected chi connectivity index (χ4v) is 3.09. The molecule has 1 unspecified atom stereocenters. The van der Waals surface area contributed by atoms with Crippen molar-refractivity contribution in [3.05, 3.63) is 21.4 Å². The molecule has 2 N–H and O–H groups in total. The van der Waals surface area contributed by atoms with E-state index in [-0.39, 0.29) is 0 Å². The maximum Gasteiger partial charge on any atom is 0.341 e. The van der Waals surface area contributed by atoms with Gasteiger partial charge in [-0.3, -0.25) is 0 Å². The molecule has 1 aliphatic carbocycles. The van der Waals surface area contributed by atoms with Gasteiger partial charge in [0.2, 0.25) is 0 Å². The number of fused-ring (bicyclic) bond motifs is 1. The second-order valence-electron chi connectivity index (χ2n) is 3.59. The zero-order valence-electron chi connectivity index (χ0n) is 7.91. The average molecular weight is 212 g/mol. The fourth-order valence-electron chi connectivity index (χ4n) is 1.83. The summed E-state index contributed by atoms with van der Waals surface area (Å²) < 4.78 is 0. The van der Waals surface area contributed by atoms with Crippen LogP contribution in [0.1, 0.15) is 28.7 Å². The smallest absolute Gasteiger partial charge is 0.341 e. The molecule has 0 aromatic carbocycles. The molecule has 1 atom stereocenters. The summed E-state index contributed by atoms with van der Waals surface area (Å²) in [5.41, 5.74) is -0.607. The number of aryl methyl sites for hydroxylation is 2. The van der Waals surface area contributed by atoms with Crippen LogP contribution in [-0.2, 0) is 23.2 Å². The van der Waals surface area contributed by atoms with Crippen LogP contribution in [0, 0.1) is 0 Å². The van der Waals surface area contributed by atoms with Gasteiger partial charge >= 0.3 is 5.97 Å². The van der Waals surface area contributed by atoms with Crippen molar-refractivity contribution in [2.24, 2.45) is 0 Å². The monoisotopic (exact) mass is 212 g/mol. The van der Waals surface area contributed by atoms with Crippen molar-refractivity contribution in [2.75, 3.05) is 0 Å². The Bertz CT molecular complexity index is 383. The van der Waals surface area contributed by atoms with Gasteiger partial charge in [-0.25, -0.2) is 4.79 Å². The molecule has 1 aliphatic rings. The van der Waals surface area contributed by atoms with E-state index in [2.05, 4.69) is 0 Å².